The number of hydrazone groups is 1. The van der Waals surface area contributed by atoms with E-state index in [4.69, 9.17) is 9.47 Å². The van der Waals surface area contributed by atoms with Gasteiger partial charge in [0.2, 0.25) is 18.0 Å². The quantitative estimate of drug-likeness (QED) is 0.797. The highest BCUT2D eigenvalue weighted by molar-refractivity contribution is 9.10. The van der Waals surface area contributed by atoms with Crippen LogP contribution in [0, 0.1) is 5.82 Å². The number of methoxy groups -OCH3 is 1. The van der Waals surface area contributed by atoms with Crippen LogP contribution >= 0.6 is 15.9 Å². The van der Waals surface area contributed by atoms with Gasteiger partial charge < -0.3 is 9.47 Å². The molecule has 0 radical (unpaired) electrons. The summed E-state index contributed by atoms with van der Waals surface area (Å²) in [4.78, 5) is 12.0. The molecule has 1 aliphatic heterocycles. The third-order valence-electron chi connectivity index (χ3n) is 3.52. The summed E-state index contributed by atoms with van der Waals surface area (Å²) in [5.74, 6) is 0.187. The Hall–Kier alpha value is -2.41. The van der Waals surface area contributed by atoms with E-state index in [2.05, 4.69) is 21.0 Å². The summed E-state index contributed by atoms with van der Waals surface area (Å²) in [5, 5.41) is 5.47. The number of rotatable bonds is 3. The van der Waals surface area contributed by atoms with E-state index in [1.807, 2.05) is 12.1 Å². The third-order valence-corrected chi connectivity index (χ3v) is 4.01. The maximum absolute atomic E-state index is 13.1. The van der Waals surface area contributed by atoms with Gasteiger partial charge in [0.05, 0.1) is 12.7 Å². The fourth-order valence-electron chi connectivity index (χ4n) is 2.38. The molecule has 1 atom stereocenters. The van der Waals surface area contributed by atoms with Gasteiger partial charge in [-0.25, -0.2) is 4.39 Å². The number of nitrogens with zero attached hydrogens (tertiary/aromatic N) is 2. The normalized spacial score (nSPS) is 16.6. The SMILES string of the molecule is COc1ccc(Br)cc1[C@H]1OC(c2ccc(F)cc2)=NN1C(C)=O. The molecule has 0 bridgehead atoms. The van der Waals surface area contributed by atoms with Crippen molar-refractivity contribution in [1.29, 1.82) is 0 Å². The fourth-order valence-corrected chi connectivity index (χ4v) is 2.76. The van der Waals surface area contributed by atoms with E-state index in [0.29, 0.717) is 16.9 Å². The Morgan fingerprint density at radius 2 is 2.00 bits per heavy atom. The van der Waals surface area contributed by atoms with E-state index >= 15 is 0 Å². The first kappa shape index (κ1) is 16.4. The lowest BCUT2D eigenvalue weighted by atomic mass is 10.1. The van der Waals surface area contributed by atoms with E-state index in [0.717, 1.165) is 4.47 Å². The van der Waals surface area contributed by atoms with Crippen molar-refractivity contribution >= 4 is 27.7 Å². The second-order valence-corrected chi connectivity index (χ2v) is 6.05. The van der Waals surface area contributed by atoms with Crippen molar-refractivity contribution in [2.45, 2.75) is 13.2 Å². The minimum atomic E-state index is -0.755. The maximum atomic E-state index is 13.1. The molecular formula is C17H14BrFN2O3. The number of carbonyl (C=O) groups excluding carboxylic acids is 1. The van der Waals surface area contributed by atoms with Gasteiger partial charge >= 0.3 is 0 Å². The predicted octanol–water partition coefficient (Wildman–Crippen LogP) is 3.84. The molecule has 0 saturated carbocycles. The zero-order valence-electron chi connectivity index (χ0n) is 13.0. The zero-order valence-corrected chi connectivity index (χ0v) is 14.6. The average molecular weight is 393 g/mol. The molecule has 0 aromatic heterocycles. The smallest absolute Gasteiger partial charge is 0.243 e. The van der Waals surface area contributed by atoms with Crippen LogP contribution in [0.25, 0.3) is 0 Å². The Balaban J connectivity index is 2.00. The van der Waals surface area contributed by atoms with Crippen molar-refractivity contribution in [2.75, 3.05) is 7.11 Å². The van der Waals surface area contributed by atoms with Crippen LogP contribution in [-0.4, -0.2) is 23.9 Å². The number of halogens is 2. The van der Waals surface area contributed by atoms with Gasteiger partial charge in [-0.15, -0.1) is 5.10 Å². The molecule has 0 unspecified atom stereocenters. The van der Waals surface area contributed by atoms with Crippen molar-refractivity contribution in [2.24, 2.45) is 5.10 Å². The van der Waals surface area contributed by atoms with E-state index in [9.17, 15) is 9.18 Å². The van der Waals surface area contributed by atoms with Crippen LogP contribution in [0.1, 0.15) is 24.3 Å². The second-order valence-electron chi connectivity index (χ2n) is 5.13. The number of benzene rings is 2. The lowest BCUT2D eigenvalue weighted by Crippen LogP contribution is -2.25. The van der Waals surface area contributed by atoms with Crippen LogP contribution in [0.15, 0.2) is 52.0 Å². The molecule has 1 amide bonds. The molecule has 3 rings (SSSR count). The summed E-state index contributed by atoms with van der Waals surface area (Å²) in [6, 6.07) is 11.1. The van der Waals surface area contributed by atoms with E-state index in [1.165, 1.54) is 24.1 Å². The molecule has 0 N–H and O–H groups in total. The van der Waals surface area contributed by atoms with Gasteiger partial charge in [0.15, 0.2) is 0 Å². The molecule has 0 aliphatic carbocycles. The first-order chi connectivity index (χ1) is 11.5. The van der Waals surface area contributed by atoms with Gasteiger partial charge in [-0.2, -0.15) is 5.01 Å². The second kappa shape index (κ2) is 6.60. The Labute approximate surface area is 146 Å². The summed E-state index contributed by atoms with van der Waals surface area (Å²) in [6.07, 6.45) is -0.755. The predicted molar refractivity (Wildman–Crippen MR) is 90.0 cm³/mol. The lowest BCUT2D eigenvalue weighted by Gasteiger charge is -2.21. The van der Waals surface area contributed by atoms with Crippen molar-refractivity contribution in [3.8, 4) is 5.75 Å². The Bertz CT molecular complexity index is 808. The summed E-state index contributed by atoms with van der Waals surface area (Å²) in [7, 11) is 1.54. The molecule has 5 nitrogen and oxygen atoms in total. The number of carbonyl (C=O) groups is 1. The number of hydrogen-bond acceptors (Lipinski definition) is 4. The topological polar surface area (TPSA) is 51.1 Å². The first-order valence-corrected chi connectivity index (χ1v) is 7.93. The molecule has 0 saturated heterocycles. The molecule has 2 aromatic carbocycles. The summed E-state index contributed by atoms with van der Waals surface area (Å²) < 4.78 is 25.2. The van der Waals surface area contributed by atoms with Crippen molar-refractivity contribution < 1.29 is 18.7 Å². The average Bonchev–Trinajstić information content (AvgIpc) is 3.01. The van der Waals surface area contributed by atoms with E-state index in [-0.39, 0.29) is 17.6 Å². The fraction of sp³-hybridized carbons (Fsp3) is 0.176. The Morgan fingerprint density at radius 3 is 2.62 bits per heavy atom. The number of hydrogen-bond donors (Lipinski definition) is 0. The Morgan fingerprint density at radius 1 is 1.29 bits per heavy atom. The lowest BCUT2D eigenvalue weighted by molar-refractivity contribution is -0.135. The molecule has 0 fully saturated rings. The summed E-state index contributed by atoms with van der Waals surface area (Å²) >= 11 is 3.40. The van der Waals surface area contributed by atoms with Crippen LogP contribution in [0.2, 0.25) is 0 Å². The van der Waals surface area contributed by atoms with Gasteiger partial charge in [0.25, 0.3) is 0 Å². The van der Waals surface area contributed by atoms with Gasteiger partial charge in [-0.05, 0) is 42.5 Å². The molecule has 1 aliphatic rings. The molecule has 1 heterocycles. The molecular weight excluding hydrogens is 379 g/mol. The standard InChI is InChI=1S/C17H14BrFN2O3/c1-10(22)21-17(14-9-12(18)5-8-15(14)23-2)24-16(20-21)11-3-6-13(19)7-4-11/h3-9,17H,1-2H3/t17-/m1/s1. The first-order valence-electron chi connectivity index (χ1n) is 7.14. The molecule has 0 spiro atoms. The molecule has 2 aromatic rings. The minimum Gasteiger partial charge on any atom is -0.496 e. The van der Waals surface area contributed by atoms with Crippen LogP contribution < -0.4 is 4.74 Å². The van der Waals surface area contributed by atoms with Gasteiger partial charge in [0, 0.05) is 17.0 Å². The van der Waals surface area contributed by atoms with Gasteiger partial charge in [-0.3, -0.25) is 4.79 Å². The summed E-state index contributed by atoms with van der Waals surface area (Å²) in [6.45, 7) is 1.40. The monoisotopic (exact) mass is 392 g/mol. The van der Waals surface area contributed by atoms with Crippen molar-refractivity contribution in [3.63, 3.8) is 0 Å². The van der Waals surface area contributed by atoms with E-state index in [1.54, 1.807) is 25.3 Å². The highest BCUT2D eigenvalue weighted by Crippen LogP contribution is 2.37. The van der Waals surface area contributed by atoms with Crippen LogP contribution in [-0.2, 0) is 9.53 Å². The molecule has 124 valence electrons. The third kappa shape index (κ3) is 3.12. The number of amides is 1. The minimum absolute atomic E-state index is 0.247. The van der Waals surface area contributed by atoms with Crippen molar-refractivity contribution in [1.82, 2.24) is 5.01 Å². The van der Waals surface area contributed by atoms with Crippen molar-refractivity contribution in [3.05, 3.63) is 63.9 Å². The molecule has 24 heavy (non-hydrogen) atoms. The van der Waals surface area contributed by atoms with Gasteiger partial charge in [0.1, 0.15) is 11.6 Å². The van der Waals surface area contributed by atoms with Crippen LogP contribution in [0.3, 0.4) is 0 Å². The highest BCUT2D eigenvalue weighted by Gasteiger charge is 2.35. The zero-order chi connectivity index (χ0) is 17.3. The highest BCUT2D eigenvalue weighted by atomic mass is 79.9. The Kier molecular flexibility index (Phi) is 4.53. The molecule has 7 heteroatoms. The maximum Gasteiger partial charge on any atom is 0.243 e. The number of ether oxygens (including phenoxy) is 2. The van der Waals surface area contributed by atoms with Crippen LogP contribution in [0.5, 0.6) is 5.75 Å². The van der Waals surface area contributed by atoms with E-state index < -0.39 is 6.23 Å². The van der Waals surface area contributed by atoms with Crippen LogP contribution in [0.4, 0.5) is 4.39 Å². The summed E-state index contributed by atoms with van der Waals surface area (Å²) in [5.41, 5.74) is 1.24. The largest absolute Gasteiger partial charge is 0.496 e. The van der Waals surface area contributed by atoms with Gasteiger partial charge in [-0.1, -0.05) is 15.9 Å².